The van der Waals surface area contributed by atoms with Crippen LogP contribution in [0.15, 0.2) is 30.4 Å². The van der Waals surface area contributed by atoms with Gasteiger partial charge in [-0.05, 0) is 0 Å². The lowest BCUT2D eigenvalue weighted by molar-refractivity contribution is 0.206. The van der Waals surface area contributed by atoms with Gasteiger partial charge < -0.3 is 4.57 Å². The summed E-state index contributed by atoms with van der Waals surface area (Å²) < 4.78 is 4.12. The molecular weight excluding hydrogens is 286 g/mol. The van der Waals surface area contributed by atoms with Gasteiger partial charge in [-0.15, -0.1) is 11.3 Å². The van der Waals surface area contributed by atoms with Crippen molar-refractivity contribution in [2.24, 2.45) is 0 Å². The molecule has 0 saturated carbocycles. The van der Waals surface area contributed by atoms with Gasteiger partial charge in [-0.3, -0.25) is 4.90 Å². The predicted octanol–water partition coefficient (Wildman–Crippen LogP) is 0.995. The zero-order chi connectivity index (χ0) is 14.1. The molecule has 0 saturated heterocycles. The lowest BCUT2D eigenvalue weighted by Crippen LogP contribution is -2.34. The molecule has 1 aliphatic rings. The SMILES string of the molecule is c1csc(CN2CCn3c(Cn4cncn4)cnc3C2)n1. The molecule has 21 heavy (non-hydrogen) atoms. The summed E-state index contributed by atoms with van der Waals surface area (Å²) in [6.45, 7) is 4.48. The lowest BCUT2D eigenvalue weighted by atomic mass is 10.3. The lowest BCUT2D eigenvalue weighted by Gasteiger charge is -2.27. The van der Waals surface area contributed by atoms with Crippen molar-refractivity contribution >= 4 is 11.3 Å². The van der Waals surface area contributed by atoms with E-state index in [-0.39, 0.29) is 0 Å². The molecule has 0 bridgehead atoms. The van der Waals surface area contributed by atoms with Crippen LogP contribution < -0.4 is 0 Å². The summed E-state index contributed by atoms with van der Waals surface area (Å²) in [6.07, 6.45) is 7.10. The first-order chi connectivity index (χ1) is 10.4. The number of imidazole rings is 1. The maximum atomic E-state index is 4.56. The van der Waals surface area contributed by atoms with Gasteiger partial charge in [0.15, 0.2) is 0 Å². The Labute approximate surface area is 125 Å². The van der Waals surface area contributed by atoms with Crippen LogP contribution in [0.1, 0.15) is 16.5 Å². The normalized spacial score (nSPS) is 15.2. The van der Waals surface area contributed by atoms with E-state index in [9.17, 15) is 0 Å². The van der Waals surface area contributed by atoms with E-state index in [1.54, 1.807) is 24.0 Å². The number of fused-ring (bicyclic) bond motifs is 1. The molecule has 0 unspecified atom stereocenters. The Bertz CT molecular complexity index is 701. The molecule has 4 rings (SSSR count). The van der Waals surface area contributed by atoms with Gasteiger partial charge in [-0.2, -0.15) is 5.10 Å². The van der Waals surface area contributed by atoms with Crippen LogP contribution in [0.25, 0.3) is 0 Å². The second-order valence-corrected chi connectivity index (χ2v) is 6.03. The standard InChI is InChI=1S/C13H15N7S/c1-4-21-13(15-1)8-18-2-3-20-11(5-16-12(20)7-18)6-19-10-14-9-17-19/h1,4-5,9-10H,2-3,6-8H2. The molecule has 3 aromatic rings. The topological polar surface area (TPSA) is 64.7 Å². The zero-order valence-corrected chi connectivity index (χ0v) is 12.3. The van der Waals surface area contributed by atoms with Gasteiger partial charge in [-0.1, -0.05) is 0 Å². The maximum absolute atomic E-state index is 4.56. The molecule has 0 atom stereocenters. The van der Waals surface area contributed by atoms with E-state index in [4.69, 9.17) is 0 Å². The van der Waals surface area contributed by atoms with Crippen LogP contribution in [0.2, 0.25) is 0 Å². The molecule has 0 amide bonds. The molecule has 1 aliphatic heterocycles. The second-order valence-electron chi connectivity index (χ2n) is 5.05. The largest absolute Gasteiger partial charge is 0.328 e. The summed E-state index contributed by atoms with van der Waals surface area (Å²) in [7, 11) is 0. The average molecular weight is 301 g/mol. The van der Waals surface area contributed by atoms with Crippen LogP contribution >= 0.6 is 11.3 Å². The molecule has 3 aromatic heterocycles. The number of hydrogen-bond acceptors (Lipinski definition) is 6. The Hall–Kier alpha value is -2.06. The van der Waals surface area contributed by atoms with E-state index < -0.39 is 0 Å². The summed E-state index contributed by atoms with van der Waals surface area (Å²) in [4.78, 5) is 15.3. The van der Waals surface area contributed by atoms with Crippen molar-refractivity contribution in [1.29, 1.82) is 0 Å². The molecule has 0 aromatic carbocycles. The highest BCUT2D eigenvalue weighted by molar-refractivity contribution is 7.09. The van der Waals surface area contributed by atoms with Crippen LogP contribution in [0.3, 0.4) is 0 Å². The molecular formula is C13H15N7S. The average Bonchev–Trinajstić information content (AvgIpc) is 3.22. The fourth-order valence-corrected chi connectivity index (χ4v) is 3.29. The number of aromatic nitrogens is 6. The quantitative estimate of drug-likeness (QED) is 0.719. The van der Waals surface area contributed by atoms with Crippen molar-refractivity contribution in [2.75, 3.05) is 6.54 Å². The van der Waals surface area contributed by atoms with Crippen LogP contribution in [0, 0.1) is 0 Å². The number of rotatable bonds is 4. The molecule has 4 heterocycles. The molecule has 0 aliphatic carbocycles. The third-order valence-electron chi connectivity index (χ3n) is 3.66. The molecule has 8 heteroatoms. The Balaban J connectivity index is 1.48. The number of hydrogen-bond donors (Lipinski definition) is 0. The van der Waals surface area contributed by atoms with E-state index >= 15 is 0 Å². The Morgan fingerprint density at radius 1 is 1.19 bits per heavy atom. The van der Waals surface area contributed by atoms with Crippen LogP contribution in [-0.4, -0.2) is 40.7 Å². The predicted molar refractivity (Wildman–Crippen MR) is 77.6 cm³/mol. The Kier molecular flexibility index (Phi) is 3.24. The third-order valence-corrected chi connectivity index (χ3v) is 4.42. The van der Waals surface area contributed by atoms with Crippen molar-refractivity contribution in [1.82, 2.24) is 34.2 Å². The molecule has 0 radical (unpaired) electrons. The fourth-order valence-electron chi connectivity index (χ4n) is 2.64. The van der Waals surface area contributed by atoms with Crippen molar-refractivity contribution in [3.8, 4) is 0 Å². The third kappa shape index (κ3) is 2.59. The highest BCUT2D eigenvalue weighted by Crippen LogP contribution is 2.17. The molecule has 0 N–H and O–H groups in total. The smallest absolute Gasteiger partial charge is 0.137 e. The van der Waals surface area contributed by atoms with Gasteiger partial charge in [0.25, 0.3) is 0 Å². The minimum absolute atomic E-state index is 0.722. The first kappa shape index (κ1) is 12.7. The summed E-state index contributed by atoms with van der Waals surface area (Å²) in [5.41, 5.74) is 1.18. The molecule has 0 spiro atoms. The summed E-state index contributed by atoms with van der Waals surface area (Å²) in [5, 5.41) is 7.34. The summed E-state index contributed by atoms with van der Waals surface area (Å²) in [5.74, 6) is 1.12. The van der Waals surface area contributed by atoms with E-state index in [2.05, 4.69) is 29.5 Å². The minimum atomic E-state index is 0.722. The monoisotopic (exact) mass is 301 g/mol. The van der Waals surface area contributed by atoms with Crippen LogP contribution in [0.4, 0.5) is 0 Å². The Morgan fingerprint density at radius 2 is 2.19 bits per heavy atom. The second kappa shape index (κ2) is 5.38. The number of nitrogens with zero attached hydrogens (tertiary/aromatic N) is 7. The van der Waals surface area contributed by atoms with Crippen molar-refractivity contribution in [3.63, 3.8) is 0 Å². The van der Waals surface area contributed by atoms with Crippen LogP contribution in [0.5, 0.6) is 0 Å². The van der Waals surface area contributed by atoms with E-state index in [1.165, 1.54) is 5.69 Å². The number of thiazole rings is 1. The van der Waals surface area contributed by atoms with E-state index in [1.807, 2.05) is 22.5 Å². The van der Waals surface area contributed by atoms with Crippen molar-refractivity contribution in [2.45, 2.75) is 26.2 Å². The van der Waals surface area contributed by atoms with E-state index in [0.717, 1.165) is 43.6 Å². The van der Waals surface area contributed by atoms with Crippen molar-refractivity contribution in [3.05, 3.63) is 47.0 Å². The van der Waals surface area contributed by atoms with Gasteiger partial charge >= 0.3 is 0 Å². The highest BCUT2D eigenvalue weighted by atomic mass is 32.1. The van der Waals surface area contributed by atoms with Gasteiger partial charge in [0.2, 0.25) is 0 Å². The first-order valence-electron chi connectivity index (χ1n) is 6.85. The van der Waals surface area contributed by atoms with Gasteiger partial charge in [0, 0.05) is 24.7 Å². The molecule has 108 valence electrons. The van der Waals surface area contributed by atoms with E-state index in [0.29, 0.717) is 0 Å². The Morgan fingerprint density at radius 3 is 3.00 bits per heavy atom. The fraction of sp³-hybridized carbons (Fsp3) is 0.385. The first-order valence-corrected chi connectivity index (χ1v) is 7.73. The summed E-state index contributed by atoms with van der Waals surface area (Å²) in [6, 6.07) is 0. The van der Waals surface area contributed by atoms with Gasteiger partial charge in [-0.25, -0.2) is 19.6 Å². The molecule has 0 fully saturated rings. The minimum Gasteiger partial charge on any atom is -0.328 e. The molecule has 7 nitrogen and oxygen atoms in total. The highest BCUT2D eigenvalue weighted by Gasteiger charge is 2.20. The summed E-state index contributed by atoms with van der Waals surface area (Å²) >= 11 is 1.71. The maximum Gasteiger partial charge on any atom is 0.137 e. The zero-order valence-electron chi connectivity index (χ0n) is 11.5. The van der Waals surface area contributed by atoms with Crippen molar-refractivity contribution < 1.29 is 0 Å². The van der Waals surface area contributed by atoms with Gasteiger partial charge in [0.1, 0.15) is 23.5 Å². The van der Waals surface area contributed by atoms with Gasteiger partial charge in [0.05, 0.1) is 31.5 Å². The van der Waals surface area contributed by atoms with Crippen LogP contribution in [-0.2, 0) is 26.2 Å².